The van der Waals surface area contributed by atoms with Crippen molar-refractivity contribution >= 4 is 11.9 Å². The Morgan fingerprint density at radius 3 is 2.92 bits per heavy atom. The number of carbonyl (C=O) groups is 2. The van der Waals surface area contributed by atoms with E-state index >= 15 is 0 Å². The lowest BCUT2D eigenvalue weighted by Gasteiger charge is -2.20. The number of likely N-dealkylation sites (tertiary alicyclic amines) is 1. The molecule has 0 spiro atoms. The predicted molar refractivity (Wildman–Crippen MR) is 41.4 cm³/mol. The molecule has 1 saturated heterocycles. The minimum atomic E-state index is -1.25. The molecule has 0 aliphatic carbocycles. The predicted octanol–water partition coefficient (Wildman–Crippen LogP) is -0.979. The van der Waals surface area contributed by atoms with Crippen LogP contribution in [-0.2, 0) is 9.59 Å². The molecule has 0 aromatic rings. The SMILES string of the molecule is [3H]C1CN(C(=O)CN)[C@H](C(=O)O)C1[3H]. The van der Waals surface area contributed by atoms with E-state index in [0.717, 1.165) is 4.90 Å². The van der Waals surface area contributed by atoms with Crippen LogP contribution in [-0.4, -0.2) is 41.0 Å². The first-order chi connectivity index (χ1) is 6.49. The largest absolute Gasteiger partial charge is 0.480 e. The molecule has 1 heterocycles. The second-order valence-corrected chi connectivity index (χ2v) is 2.46. The molecule has 0 bridgehead atoms. The summed E-state index contributed by atoms with van der Waals surface area (Å²) in [5, 5.41) is 8.78. The van der Waals surface area contributed by atoms with Gasteiger partial charge in [0.1, 0.15) is 6.04 Å². The Hall–Kier alpha value is -1.10. The van der Waals surface area contributed by atoms with Gasteiger partial charge in [0.25, 0.3) is 0 Å². The molecule has 0 saturated carbocycles. The van der Waals surface area contributed by atoms with Crippen molar-refractivity contribution < 1.29 is 17.4 Å². The summed E-state index contributed by atoms with van der Waals surface area (Å²) in [5.74, 6) is -1.77. The third kappa shape index (κ3) is 1.55. The highest BCUT2D eigenvalue weighted by atomic mass is 16.4. The maximum atomic E-state index is 11.2. The van der Waals surface area contributed by atoms with Gasteiger partial charge in [-0.25, -0.2) is 4.79 Å². The van der Waals surface area contributed by atoms with Crippen LogP contribution < -0.4 is 5.73 Å². The van der Waals surface area contributed by atoms with Gasteiger partial charge < -0.3 is 15.7 Å². The monoisotopic (exact) mass is 176 g/mol. The number of carboxylic acid groups (broad SMARTS) is 1. The summed E-state index contributed by atoms with van der Waals surface area (Å²) < 4.78 is 14.8. The van der Waals surface area contributed by atoms with Gasteiger partial charge >= 0.3 is 5.97 Å². The van der Waals surface area contributed by atoms with Crippen molar-refractivity contribution in [3.05, 3.63) is 0 Å². The standard InChI is InChI=1S/C7H12N2O3/c8-4-6(10)9-3-1-2-5(9)7(11)12/h5H,1-4,8H2,(H,11,12)/t5-/m0/s1/i1T,2T/t1?,2?,5-. The summed E-state index contributed by atoms with van der Waals surface area (Å²) in [5.41, 5.74) is 5.10. The number of rotatable bonds is 2. The van der Waals surface area contributed by atoms with Crippen molar-refractivity contribution in [2.45, 2.75) is 18.8 Å². The number of aliphatic carboxylic acids is 1. The van der Waals surface area contributed by atoms with Gasteiger partial charge in [0, 0.05) is 9.29 Å². The molecule has 2 unspecified atom stereocenters. The summed E-state index contributed by atoms with van der Waals surface area (Å²) in [7, 11) is 0. The van der Waals surface area contributed by atoms with Crippen LogP contribution in [0, 0.1) is 0 Å². The van der Waals surface area contributed by atoms with E-state index in [2.05, 4.69) is 0 Å². The number of amides is 1. The lowest BCUT2D eigenvalue weighted by Crippen LogP contribution is -2.43. The highest BCUT2D eigenvalue weighted by molar-refractivity contribution is 5.85. The number of carbonyl (C=O) groups excluding carboxylic acids is 1. The number of hydrogen-bond acceptors (Lipinski definition) is 3. The van der Waals surface area contributed by atoms with Crippen molar-refractivity contribution in [2.24, 2.45) is 5.73 Å². The average Bonchev–Trinajstić information content (AvgIpc) is 2.42. The molecule has 3 atom stereocenters. The number of carboxylic acids is 1. The summed E-state index contributed by atoms with van der Waals surface area (Å²) >= 11 is 0. The fraction of sp³-hybridized carbons (Fsp3) is 0.714. The maximum absolute atomic E-state index is 11.2. The molecular formula is C7H12N2O3. The summed E-state index contributed by atoms with van der Waals surface area (Å²) in [6, 6.07) is -1.23. The van der Waals surface area contributed by atoms with E-state index < -0.39 is 30.7 Å². The normalized spacial score (nSPS) is 37.4. The van der Waals surface area contributed by atoms with Gasteiger partial charge in [0.2, 0.25) is 5.91 Å². The molecule has 1 aliphatic heterocycles. The first kappa shape index (κ1) is 6.42. The highest BCUT2D eigenvalue weighted by Gasteiger charge is 2.32. The number of nitrogens with two attached hydrogens (primary N) is 1. The average molecular weight is 176 g/mol. The van der Waals surface area contributed by atoms with Crippen LogP contribution in [0.5, 0.6) is 0 Å². The Bertz CT molecular complexity index is 261. The molecular weight excluding hydrogens is 160 g/mol. The van der Waals surface area contributed by atoms with Crippen molar-refractivity contribution in [2.75, 3.05) is 13.1 Å². The van der Waals surface area contributed by atoms with E-state index in [1.807, 2.05) is 0 Å². The van der Waals surface area contributed by atoms with E-state index in [1.165, 1.54) is 0 Å². The number of hydrogen-bond donors (Lipinski definition) is 2. The van der Waals surface area contributed by atoms with Crippen LogP contribution in [0.15, 0.2) is 0 Å². The lowest BCUT2D eigenvalue weighted by atomic mass is 10.2. The van der Waals surface area contributed by atoms with Gasteiger partial charge in [0.05, 0.1) is 6.54 Å². The number of nitrogens with zero attached hydrogens (tertiary/aromatic N) is 1. The van der Waals surface area contributed by atoms with Gasteiger partial charge in [-0.2, -0.15) is 0 Å². The quantitative estimate of drug-likeness (QED) is 0.566. The van der Waals surface area contributed by atoms with Crippen LogP contribution in [0.25, 0.3) is 0 Å². The fourth-order valence-corrected chi connectivity index (χ4v) is 1.11. The third-order valence-corrected chi connectivity index (χ3v) is 1.70. The van der Waals surface area contributed by atoms with Crippen molar-refractivity contribution in [1.82, 2.24) is 4.90 Å². The molecule has 1 aliphatic rings. The zero-order chi connectivity index (χ0) is 10.9. The van der Waals surface area contributed by atoms with Crippen LogP contribution >= 0.6 is 0 Å². The van der Waals surface area contributed by atoms with Crippen molar-refractivity contribution in [3.8, 4) is 0 Å². The van der Waals surface area contributed by atoms with E-state index in [-0.39, 0.29) is 13.1 Å². The first-order valence-corrected chi connectivity index (χ1v) is 3.56. The Labute approximate surface area is 73.0 Å². The molecule has 12 heavy (non-hydrogen) atoms. The summed E-state index contributed by atoms with van der Waals surface area (Å²) in [6.07, 6.45) is -1.96. The van der Waals surface area contributed by atoms with E-state index in [0.29, 0.717) is 0 Å². The second-order valence-electron chi connectivity index (χ2n) is 2.46. The fourth-order valence-electron chi connectivity index (χ4n) is 1.11. The van der Waals surface area contributed by atoms with Crippen LogP contribution in [0.3, 0.4) is 0 Å². The zero-order valence-corrected chi connectivity index (χ0v) is 6.43. The third-order valence-electron chi connectivity index (χ3n) is 1.70. The maximum Gasteiger partial charge on any atom is 0.326 e. The molecule has 5 nitrogen and oxygen atoms in total. The minimum absolute atomic E-state index is 0.0266. The molecule has 1 rings (SSSR count). The topological polar surface area (TPSA) is 83.6 Å². The van der Waals surface area contributed by atoms with Crippen LogP contribution in [0.2, 0.25) is 0 Å². The van der Waals surface area contributed by atoms with Gasteiger partial charge in [-0.05, 0) is 12.8 Å². The van der Waals surface area contributed by atoms with Gasteiger partial charge in [-0.15, -0.1) is 0 Å². The zero-order valence-electron chi connectivity index (χ0n) is 8.43. The van der Waals surface area contributed by atoms with E-state index in [9.17, 15) is 9.59 Å². The summed E-state index contributed by atoms with van der Waals surface area (Å²) in [6.45, 7) is -0.315. The molecule has 1 fully saturated rings. The van der Waals surface area contributed by atoms with Crippen LogP contribution in [0.4, 0.5) is 0 Å². The van der Waals surface area contributed by atoms with Crippen molar-refractivity contribution in [1.29, 1.82) is 0 Å². The molecule has 5 heteroatoms. The summed E-state index contributed by atoms with van der Waals surface area (Å²) in [4.78, 5) is 22.9. The molecule has 68 valence electrons. The van der Waals surface area contributed by atoms with E-state index in [1.54, 1.807) is 0 Å². The first-order valence-electron chi connectivity index (χ1n) is 4.71. The molecule has 0 aromatic heterocycles. The molecule has 0 aromatic carbocycles. The van der Waals surface area contributed by atoms with Crippen molar-refractivity contribution in [3.63, 3.8) is 0 Å². The Morgan fingerprint density at radius 2 is 2.42 bits per heavy atom. The Morgan fingerprint density at radius 1 is 1.75 bits per heavy atom. The second kappa shape index (κ2) is 3.53. The Balaban J connectivity index is 2.85. The van der Waals surface area contributed by atoms with Gasteiger partial charge in [-0.1, -0.05) is 0 Å². The minimum Gasteiger partial charge on any atom is -0.480 e. The highest BCUT2D eigenvalue weighted by Crippen LogP contribution is 2.16. The Kier molecular flexibility index (Phi) is 1.89. The van der Waals surface area contributed by atoms with Crippen LogP contribution in [0.1, 0.15) is 15.5 Å². The lowest BCUT2D eigenvalue weighted by molar-refractivity contribution is -0.147. The van der Waals surface area contributed by atoms with Gasteiger partial charge in [-0.3, -0.25) is 4.79 Å². The van der Waals surface area contributed by atoms with E-state index in [4.69, 9.17) is 13.6 Å². The smallest absolute Gasteiger partial charge is 0.326 e. The van der Waals surface area contributed by atoms with Gasteiger partial charge in [0.15, 0.2) is 0 Å². The molecule has 3 N–H and O–H groups in total. The molecule has 1 amide bonds. The molecule has 0 radical (unpaired) electrons.